The Hall–Kier alpha value is -4.02. The van der Waals surface area contributed by atoms with Crippen molar-refractivity contribution in [1.29, 1.82) is 0 Å². The lowest BCUT2D eigenvalue weighted by molar-refractivity contribution is 0.381. The summed E-state index contributed by atoms with van der Waals surface area (Å²) in [5.41, 5.74) is 1.90. The summed E-state index contributed by atoms with van der Waals surface area (Å²) in [4.78, 5) is 45.3. The number of aromatic amines is 3. The number of hydrogen-bond donors (Lipinski definition) is 4. The Morgan fingerprint density at radius 2 is 1.91 bits per heavy atom. The van der Waals surface area contributed by atoms with Crippen molar-refractivity contribution >= 4 is 45.6 Å². The average molecular weight is 431 g/mol. The lowest BCUT2D eigenvalue weighted by Gasteiger charge is -2.32. The maximum atomic E-state index is 12.5. The summed E-state index contributed by atoms with van der Waals surface area (Å²) in [5, 5.41) is 9.94. The minimum Gasteiger partial charge on any atom is -0.341 e. The van der Waals surface area contributed by atoms with Crippen LogP contribution in [0.25, 0.3) is 21.9 Å². The SMILES string of the molecule is O=c1[nH]c2ccc(Nc3nc(N4CCC(CC5C=N5)CC4)nc4cn[nH]c(=O)c34)cc2[nH]1. The second-order valence-corrected chi connectivity index (χ2v) is 8.33. The average Bonchev–Trinajstić information content (AvgIpc) is 3.52. The number of piperidine rings is 1. The summed E-state index contributed by atoms with van der Waals surface area (Å²) in [6.45, 7) is 1.71. The van der Waals surface area contributed by atoms with Gasteiger partial charge in [0.1, 0.15) is 16.7 Å². The van der Waals surface area contributed by atoms with Crippen LogP contribution in [0, 0.1) is 5.92 Å². The van der Waals surface area contributed by atoms with Gasteiger partial charge >= 0.3 is 5.69 Å². The van der Waals surface area contributed by atoms with E-state index in [1.807, 2.05) is 12.3 Å². The maximum Gasteiger partial charge on any atom is 0.323 e. The van der Waals surface area contributed by atoms with Gasteiger partial charge in [-0.05, 0) is 43.4 Å². The first-order valence-corrected chi connectivity index (χ1v) is 10.6. The minimum absolute atomic E-state index is 0.272. The van der Waals surface area contributed by atoms with Crippen molar-refractivity contribution in [3.63, 3.8) is 0 Å². The lowest BCUT2D eigenvalue weighted by atomic mass is 9.92. The van der Waals surface area contributed by atoms with Gasteiger partial charge in [-0.1, -0.05) is 0 Å². The first-order valence-electron chi connectivity index (χ1n) is 10.6. The Labute approximate surface area is 181 Å². The molecule has 6 rings (SSSR count). The quantitative estimate of drug-likeness (QED) is 0.376. The van der Waals surface area contributed by atoms with E-state index in [0.29, 0.717) is 51.3 Å². The molecule has 32 heavy (non-hydrogen) atoms. The number of imidazole rings is 1. The van der Waals surface area contributed by atoms with Gasteiger partial charge in [0.2, 0.25) is 5.95 Å². The van der Waals surface area contributed by atoms with Crippen LogP contribution in [-0.4, -0.2) is 55.5 Å². The summed E-state index contributed by atoms with van der Waals surface area (Å²) in [7, 11) is 0. The molecule has 0 radical (unpaired) electrons. The molecular formula is C21H21N9O2. The third-order valence-corrected chi connectivity index (χ3v) is 6.12. The van der Waals surface area contributed by atoms with Crippen LogP contribution in [0.1, 0.15) is 19.3 Å². The Kier molecular flexibility index (Phi) is 4.27. The summed E-state index contributed by atoms with van der Waals surface area (Å²) < 4.78 is 0. The van der Waals surface area contributed by atoms with Gasteiger partial charge in [-0.15, -0.1) is 0 Å². The van der Waals surface area contributed by atoms with Crippen LogP contribution in [0.4, 0.5) is 17.5 Å². The van der Waals surface area contributed by atoms with Gasteiger partial charge in [0.15, 0.2) is 0 Å². The first kappa shape index (κ1) is 18.7. The van der Waals surface area contributed by atoms with Gasteiger partial charge in [-0.2, -0.15) is 10.1 Å². The number of nitrogens with zero attached hydrogens (tertiary/aromatic N) is 5. The summed E-state index contributed by atoms with van der Waals surface area (Å²) in [6, 6.07) is 5.85. The van der Waals surface area contributed by atoms with Gasteiger partial charge < -0.3 is 20.2 Å². The third kappa shape index (κ3) is 3.51. The van der Waals surface area contributed by atoms with Crippen molar-refractivity contribution in [2.24, 2.45) is 10.9 Å². The van der Waals surface area contributed by atoms with Crippen molar-refractivity contribution in [1.82, 2.24) is 30.1 Å². The molecule has 4 aromatic rings. The van der Waals surface area contributed by atoms with Crippen LogP contribution in [0.5, 0.6) is 0 Å². The van der Waals surface area contributed by atoms with E-state index in [4.69, 9.17) is 4.98 Å². The van der Waals surface area contributed by atoms with E-state index in [9.17, 15) is 9.59 Å². The van der Waals surface area contributed by atoms with E-state index in [-0.39, 0.29) is 11.2 Å². The number of H-pyrrole nitrogens is 3. The Morgan fingerprint density at radius 3 is 2.72 bits per heavy atom. The molecule has 1 saturated heterocycles. The molecule has 1 unspecified atom stereocenters. The van der Waals surface area contributed by atoms with Crippen molar-refractivity contribution in [3.8, 4) is 0 Å². The second kappa shape index (κ2) is 7.29. The molecule has 2 aliphatic rings. The topological polar surface area (TPSA) is 148 Å². The molecule has 1 fully saturated rings. The van der Waals surface area contributed by atoms with E-state index < -0.39 is 0 Å². The van der Waals surface area contributed by atoms with E-state index in [1.54, 1.807) is 12.1 Å². The largest absolute Gasteiger partial charge is 0.341 e. The highest BCUT2D eigenvalue weighted by molar-refractivity contribution is 5.91. The molecule has 0 aliphatic carbocycles. The number of rotatable bonds is 5. The fourth-order valence-corrected chi connectivity index (χ4v) is 4.36. The molecule has 4 N–H and O–H groups in total. The lowest BCUT2D eigenvalue weighted by Crippen LogP contribution is -2.35. The standard InChI is InChI=1S/C21H21N9O2/c31-19-17-16(10-23-29-19)25-20(30-5-3-11(4-6-30)7-13-9-22-13)28-18(17)24-12-1-2-14-15(8-12)27-21(32)26-14/h1-2,8-11,13H,3-7H2,(H,29,31)(H,24,25,28)(H2,26,27,32). The Morgan fingerprint density at radius 1 is 1.09 bits per heavy atom. The van der Waals surface area contributed by atoms with E-state index in [2.05, 4.69) is 40.4 Å². The smallest absolute Gasteiger partial charge is 0.323 e. The molecule has 0 amide bonds. The van der Waals surface area contributed by atoms with Crippen LogP contribution < -0.4 is 21.5 Å². The number of fused-ring (bicyclic) bond motifs is 2. The molecule has 2 aliphatic heterocycles. The summed E-state index contributed by atoms with van der Waals surface area (Å²) >= 11 is 0. The molecule has 1 atom stereocenters. The normalized spacial score (nSPS) is 18.5. The third-order valence-electron chi connectivity index (χ3n) is 6.12. The predicted octanol–water partition coefficient (Wildman–Crippen LogP) is 1.69. The number of aromatic nitrogens is 6. The highest BCUT2D eigenvalue weighted by Gasteiger charge is 2.26. The molecule has 11 heteroatoms. The highest BCUT2D eigenvalue weighted by atomic mass is 16.1. The van der Waals surface area contributed by atoms with Gasteiger partial charge in [0.25, 0.3) is 5.56 Å². The maximum absolute atomic E-state index is 12.5. The van der Waals surface area contributed by atoms with Crippen molar-refractivity contribution in [2.45, 2.75) is 25.3 Å². The zero-order valence-corrected chi connectivity index (χ0v) is 17.1. The molecular weight excluding hydrogens is 410 g/mol. The number of aliphatic imine (C=N–C) groups is 1. The zero-order chi connectivity index (χ0) is 21.7. The summed E-state index contributed by atoms with van der Waals surface area (Å²) in [5.74, 6) is 1.64. The minimum atomic E-state index is -0.365. The molecule has 5 heterocycles. The predicted molar refractivity (Wildman–Crippen MR) is 122 cm³/mol. The van der Waals surface area contributed by atoms with Gasteiger partial charge in [-0.3, -0.25) is 9.79 Å². The van der Waals surface area contributed by atoms with Crippen LogP contribution in [-0.2, 0) is 0 Å². The molecule has 11 nitrogen and oxygen atoms in total. The molecule has 0 spiro atoms. The fraction of sp³-hybridized carbons (Fsp3) is 0.333. The number of anilines is 3. The van der Waals surface area contributed by atoms with Crippen LogP contribution in [0.15, 0.2) is 39.0 Å². The van der Waals surface area contributed by atoms with E-state index in [0.717, 1.165) is 32.4 Å². The molecule has 1 aromatic carbocycles. The molecule has 162 valence electrons. The fourth-order valence-electron chi connectivity index (χ4n) is 4.36. The van der Waals surface area contributed by atoms with Gasteiger partial charge in [0, 0.05) is 25.0 Å². The Balaban J connectivity index is 1.34. The summed E-state index contributed by atoms with van der Waals surface area (Å²) in [6.07, 6.45) is 6.81. The second-order valence-electron chi connectivity index (χ2n) is 8.33. The molecule has 0 bridgehead atoms. The van der Waals surface area contributed by atoms with Crippen LogP contribution in [0.3, 0.4) is 0 Å². The van der Waals surface area contributed by atoms with E-state index in [1.165, 1.54) is 6.20 Å². The number of hydrogen-bond acceptors (Lipinski definition) is 8. The van der Waals surface area contributed by atoms with Crippen molar-refractivity contribution < 1.29 is 0 Å². The molecule has 0 saturated carbocycles. The van der Waals surface area contributed by atoms with Crippen LogP contribution >= 0.6 is 0 Å². The van der Waals surface area contributed by atoms with Crippen molar-refractivity contribution in [3.05, 3.63) is 45.2 Å². The van der Waals surface area contributed by atoms with Crippen molar-refractivity contribution in [2.75, 3.05) is 23.3 Å². The molecule has 3 aromatic heterocycles. The van der Waals surface area contributed by atoms with Gasteiger partial charge in [-0.25, -0.2) is 14.9 Å². The highest BCUT2D eigenvalue weighted by Crippen LogP contribution is 2.29. The monoisotopic (exact) mass is 431 g/mol. The Bertz CT molecular complexity index is 1450. The van der Waals surface area contributed by atoms with Gasteiger partial charge in [0.05, 0.1) is 23.3 Å². The first-order chi connectivity index (χ1) is 15.6. The number of benzene rings is 1. The van der Waals surface area contributed by atoms with E-state index >= 15 is 0 Å². The number of nitrogens with one attached hydrogen (secondary N) is 4. The zero-order valence-electron chi connectivity index (χ0n) is 17.1. The van der Waals surface area contributed by atoms with Crippen LogP contribution in [0.2, 0.25) is 0 Å².